The number of hydrogen-bond acceptors (Lipinski definition) is 5. The highest BCUT2D eigenvalue weighted by Crippen LogP contribution is 2.44. The average Bonchev–Trinajstić information content (AvgIpc) is 2.51. The molecule has 0 bridgehead atoms. The van der Waals surface area contributed by atoms with Gasteiger partial charge in [0.05, 0.1) is 12.2 Å². The molecule has 0 spiro atoms. The Kier molecular flexibility index (Phi) is 8.32. The number of benzene rings is 1. The molecule has 1 rings (SSSR count). The van der Waals surface area contributed by atoms with Crippen molar-refractivity contribution >= 4 is 13.5 Å². The smallest absolute Gasteiger partial charge is 0.342 e. The molecule has 1 N–H and O–H groups in total. The fourth-order valence-corrected chi connectivity index (χ4v) is 3.64. The Morgan fingerprint density at radius 3 is 2.19 bits per heavy atom. The van der Waals surface area contributed by atoms with Crippen LogP contribution in [0.1, 0.15) is 48.5 Å². The van der Waals surface area contributed by atoms with Crippen LogP contribution in [0, 0.1) is 5.41 Å². The van der Waals surface area contributed by atoms with Crippen LogP contribution < -0.4 is 9.61 Å². The summed E-state index contributed by atoms with van der Waals surface area (Å²) in [6, 6.07) is 8.03. The highest BCUT2D eigenvalue weighted by atomic mass is 31.2. The molecule has 0 aliphatic carbocycles. The van der Waals surface area contributed by atoms with Crippen molar-refractivity contribution in [2.24, 2.45) is 5.41 Å². The molecule has 148 valence electrons. The van der Waals surface area contributed by atoms with Gasteiger partial charge in [-0.05, 0) is 45.2 Å². The summed E-state index contributed by atoms with van der Waals surface area (Å²) in [5.41, 5.74) is -0.111. The molecule has 0 heterocycles. The van der Waals surface area contributed by atoms with Gasteiger partial charge in [-0.15, -0.1) is 0 Å². The summed E-state index contributed by atoms with van der Waals surface area (Å²) in [5, 5.41) is 2.79. The maximum Gasteiger partial charge on any atom is 0.342 e. The van der Waals surface area contributed by atoms with E-state index in [2.05, 4.69) is 5.09 Å². The number of ether oxygens (including phenoxy) is 2. The van der Waals surface area contributed by atoms with Crippen LogP contribution in [0.2, 0.25) is 0 Å². The SMILES string of the molecule is CC(C)OC(=O)C(C)NP(=O)(COC(C)C(C)(C)C)Oc1ccccc1. The molecule has 3 unspecified atom stereocenters. The summed E-state index contributed by atoms with van der Waals surface area (Å²) in [6.45, 7) is 13.2. The van der Waals surface area contributed by atoms with E-state index in [1.807, 2.05) is 33.8 Å². The van der Waals surface area contributed by atoms with Crippen LogP contribution >= 0.6 is 7.52 Å². The zero-order valence-electron chi connectivity index (χ0n) is 16.8. The first-order valence-electron chi connectivity index (χ1n) is 8.86. The largest absolute Gasteiger partial charge is 0.462 e. The number of nitrogens with one attached hydrogen (secondary N) is 1. The molecular formula is C19H32NO5P. The van der Waals surface area contributed by atoms with E-state index in [9.17, 15) is 9.36 Å². The van der Waals surface area contributed by atoms with Crippen LogP contribution in [-0.2, 0) is 18.8 Å². The minimum absolute atomic E-state index is 0.111. The van der Waals surface area contributed by atoms with E-state index in [4.69, 9.17) is 14.0 Å². The number of carbonyl (C=O) groups is 1. The zero-order valence-corrected chi connectivity index (χ0v) is 17.7. The van der Waals surface area contributed by atoms with Gasteiger partial charge < -0.3 is 14.0 Å². The molecule has 0 aliphatic rings. The Bertz CT molecular complexity index is 612. The Morgan fingerprint density at radius 1 is 1.12 bits per heavy atom. The van der Waals surface area contributed by atoms with Crippen LogP contribution in [0.3, 0.4) is 0 Å². The molecule has 7 heteroatoms. The Labute approximate surface area is 157 Å². The van der Waals surface area contributed by atoms with Gasteiger partial charge in [0, 0.05) is 0 Å². The molecule has 0 aromatic heterocycles. The molecule has 0 saturated heterocycles. The third-order valence-corrected chi connectivity index (χ3v) is 5.58. The van der Waals surface area contributed by atoms with Gasteiger partial charge >= 0.3 is 13.5 Å². The van der Waals surface area contributed by atoms with Gasteiger partial charge in [-0.25, -0.2) is 5.09 Å². The van der Waals surface area contributed by atoms with Crippen molar-refractivity contribution in [3.63, 3.8) is 0 Å². The predicted molar refractivity (Wildman–Crippen MR) is 103 cm³/mol. The van der Waals surface area contributed by atoms with Crippen molar-refractivity contribution in [2.75, 3.05) is 6.35 Å². The lowest BCUT2D eigenvalue weighted by molar-refractivity contribution is -0.149. The quantitative estimate of drug-likeness (QED) is 0.495. The third kappa shape index (κ3) is 7.90. The van der Waals surface area contributed by atoms with Gasteiger partial charge in [0.25, 0.3) is 0 Å². The van der Waals surface area contributed by atoms with Crippen molar-refractivity contribution in [1.29, 1.82) is 0 Å². The van der Waals surface area contributed by atoms with Crippen molar-refractivity contribution < 1.29 is 23.4 Å². The highest BCUT2D eigenvalue weighted by molar-refractivity contribution is 7.57. The van der Waals surface area contributed by atoms with E-state index < -0.39 is 19.5 Å². The second kappa shape index (κ2) is 9.54. The van der Waals surface area contributed by atoms with Gasteiger partial charge in [-0.2, -0.15) is 0 Å². The second-order valence-corrected chi connectivity index (χ2v) is 9.76. The molecule has 0 radical (unpaired) electrons. The summed E-state index contributed by atoms with van der Waals surface area (Å²) in [6.07, 6.45) is -0.548. The summed E-state index contributed by atoms with van der Waals surface area (Å²) in [7, 11) is -3.49. The zero-order chi connectivity index (χ0) is 20.0. The fourth-order valence-electron chi connectivity index (χ4n) is 1.88. The Balaban J connectivity index is 2.90. The van der Waals surface area contributed by atoms with Crippen molar-refractivity contribution in [3.8, 4) is 5.75 Å². The fraction of sp³-hybridized carbons (Fsp3) is 0.632. The van der Waals surface area contributed by atoms with Crippen LogP contribution in [0.15, 0.2) is 30.3 Å². The molecule has 0 aliphatic heterocycles. The van der Waals surface area contributed by atoms with Crippen LogP contribution in [0.25, 0.3) is 0 Å². The van der Waals surface area contributed by atoms with Gasteiger partial charge in [-0.3, -0.25) is 9.36 Å². The van der Waals surface area contributed by atoms with Crippen molar-refractivity contribution in [2.45, 2.75) is 66.7 Å². The normalized spacial score (nSPS) is 16.6. The van der Waals surface area contributed by atoms with Crippen molar-refractivity contribution in [3.05, 3.63) is 30.3 Å². The second-order valence-electron chi connectivity index (χ2n) is 7.72. The minimum Gasteiger partial charge on any atom is -0.462 e. The first-order chi connectivity index (χ1) is 11.9. The van der Waals surface area contributed by atoms with Crippen LogP contribution in [0.5, 0.6) is 5.75 Å². The highest BCUT2D eigenvalue weighted by Gasteiger charge is 2.33. The summed E-state index contributed by atoms with van der Waals surface area (Å²) in [5.74, 6) is -0.0412. The first kappa shape index (κ1) is 22.7. The van der Waals surface area contributed by atoms with Gasteiger partial charge in [0.15, 0.2) is 0 Å². The van der Waals surface area contributed by atoms with Crippen molar-refractivity contribution in [1.82, 2.24) is 5.09 Å². The van der Waals surface area contributed by atoms with Crippen LogP contribution in [0.4, 0.5) is 0 Å². The molecule has 0 amide bonds. The number of rotatable bonds is 9. The van der Waals surface area contributed by atoms with E-state index in [1.165, 1.54) is 0 Å². The number of para-hydroxylation sites is 1. The number of carbonyl (C=O) groups excluding carboxylic acids is 1. The molecule has 6 nitrogen and oxygen atoms in total. The topological polar surface area (TPSA) is 73.9 Å². The summed E-state index contributed by atoms with van der Waals surface area (Å²) < 4.78 is 30.0. The van der Waals surface area contributed by atoms with E-state index in [0.29, 0.717) is 5.75 Å². The van der Waals surface area contributed by atoms with E-state index in [1.54, 1.807) is 45.0 Å². The van der Waals surface area contributed by atoms with Gasteiger partial charge in [0.2, 0.25) is 0 Å². The molecule has 0 saturated carbocycles. The number of hydrogen-bond donors (Lipinski definition) is 1. The molecule has 26 heavy (non-hydrogen) atoms. The standard InChI is InChI=1S/C19H32NO5P/c1-14(2)24-18(21)15(3)20-26(22,13-23-16(4)19(5,6)7)25-17-11-9-8-10-12-17/h8-12,14-16H,13H2,1-7H3,(H,20,22). The Hall–Kier alpha value is -1.36. The average molecular weight is 385 g/mol. The molecule has 1 aromatic carbocycles. The monoisotopic (exact) mass is 385 g/mol. The maximum atomic E-state index is 13.3. The van der Waals surface area contributed by atoms with Crippen LogP contribution in [-0.4, -0.2) is 30.6 Å². The lowest BCUT2D eigenvalue weighted by atomic mass is 9.90. The summed E-state index contributed by atoms with van der Waals surface area (Å²) in [4.78, 5) is 12.1. The minimum atomic E-state index is -3.49. The lowest BCUT2D eigenvalue weighted by Gasteiger charge is -2.30. The maximum absolute atomic E-state index is 13.3. The van der Waals surface area contributed by atoms with E-state index in [0.717, 1.165) is 0 Å². The van der Waals surface area contributed by atoms with Gasteiger partial charge in [-0.1, -0.05) is 39.0 Å². The molecule has 3 atom stereocenters. The third-order valence-electron chi connectivity index (χ3n) is 3.81. The summed E-state index contributed by atoms with van der Waals surface area (Å²) >= 11 is 0. The van der Waals surface area contributed by atoms with E-state index >= 15 is 0 Å². The molecule has 1 aromatic rings. The predicted octanol–water partition coefficient (Wildman–Crippen LogP) is 4.60. The first-order valence-corrected chi connectivity index (χ1v) is 10.7. The molecular weight excluding hydrogens is 353 g/mol. The molecule has 0 fully saturated rings. The number of esters is 1. The Morgan fingerprint density at radius 2 is 1.69 bits per heavy atom. The van der Waals surface area contributed by atoms with E-state index in [-0.39, 0.29) is 24.0 Å². The van der Waals surface area contributed by atoms with Gasteiger partial charge in [0.1, 0.15) is 18.1 Å². The lowest BCUT2D eigenvalue weighted by Crippen LogP contribution is -2.37.